The van der Waals surface area contributed by atoms with Gasteiger partial charge in [0.05, 0.1) is 11.5 Å². The zero-order valence-electron chi connectivity index (χ0n) is 12.8. The molecule has 0 aliphatic rings. The van der Waals surface area contributed by atoms with Gasteiger partial charge in [-0.2, -0.15) is 0 Å². The Morgan fingerprint density at radius 2 is 1.83 bits per heavy atom. The average molecular weight is 333 g/mol. The maximum absolute atomic E-state index is 12.4. The fraction of sp³-hybridized carbons (Fsp3) is 0.235. The van der Waals surface area contributed by atoms with Crippen LogP contribution in [0.1, 0.15) is 22.8 Å². The number of hydrogen-bond acceptors (Lipinski definition) is 4. The van der Waals surface area contributed by atoms with Crippen LogP contribution in [0.2, 0.25) is 0 Å². The maximum Gasteiger partial charge on any atom is 0.240 e. The van der Waals surface area contributed by atoms with E-state index in [2.05, 4.69) is 4.72 Å². The molecule has 23 heavy (non-hydrogen) atoms. The van der Waals surface area contributed by atoms with Crippen molar-refractivity contribution in [1.82, 2.24) is 4.72 Å². The highest BCUT2D eigenvalue weighted by Crippen LogP contribution is 2.13. The predicted molar refractivity (Wildman–Crippen MR) is 87.8 cm³/mol. The first-order chi connectivity index (χ1) is 10.9. The van der Waals surface area contributed by atoms with Crippen molar-refractivity contribution >= 4 is 15.8 Å². The third-order valence-electron chi connectivity index (χ3n) is 3.42. The third-order valence-corrected chi connectivity index (χ3v) is 4.94. The number of hydrogen-bond donors (Lipinski definition) is 2. The summed E-state index contributed by atoms with van der Waals surface area (Å²) >= 11 is 0. The highest BCUT2D eigenvalue weighted by Gasteiger charge is 2.20. The number of sulfonamides is 1. The Morgan fingerprint density at radius 1 is 1.13 bits per heavy atom. The van der Waals surface area contributed by atoms with Gasteiger partial charge in [-0.25, -0.2) is 13.1 Å². The Morgan fingerprint density at radius 3 is 2.43 bits per heavy atom. The number of aliphatic hydroxyl groups excluding tert-OH is 1. The second-order valence-electron chi connectivity index (χ2n) is 5.27. The Hall–Kier alpha value is -2.02. The number of rotatable bonds is 7. The summed E-state index contributed by atoms with van der Waals surface area (Å²) in [4.78, 5) is 11.4. The summed E-state index contributed by atoms with van der Waals surface area (Å²) in [6.45, 7) is 1.06. The number of nitrogens with one attached hydrogen (secondary N) is 1. The topological polar surface area (TPSA) is 83.5 Å². The van der Waals surface area contributed by atoms with Gasteiger partial charge < -0.3 is 5.11 Å². The number of carbonyl (C=O) groups excluding carboxylic acids is 1. The summed E-state index contributed by atoms with van der Waals surface area (Å²) in [5.41, 5.74) is 1.25. The predicted octanol–water partition coefficient (Wildman–Crippen LogP) is 1.77. The fourth-order valence-electron chi connectivity index (χ4n) is 2.21. The molecule has 0 aliphatic heterocycles. The lowest BCUT2D eigenvalue weighted by atomic mass is 10.1. The minimum atomic E-state index is -3.81. The molecule has 0 aromatic heterocycles. The maximum atomic E-state index is 12.4. The van der Waals surface area contributed by atoms with Gasteiger partial charge >= 0.3 is 0 Å². The summed E-state index contributed by atoms with van der Waals surface area (Å²) in [6.07, 6.45) is 0.378. The van der Waals surface area contributed by atoms with Gasteiger partial charge in [0.2, 0.25) is 10.0 Å². The van der Waals surface area contributed by atoms with Crippen LogP contribution in [0.3, 0.4) is 0 Å². The number of ketones is 1. The van der Waals surface area contributed by atoms with Crippen molar-refractivity contribution in [3.8, 4) is 0 Å². The van der Waals surface area contributed by atoms with Crippen molar-refractivity contribution in [3.05, 3.63) is 65.7 Å². The van der Waals surface area contributed by atoms with Gasteiger partial charge in [0.1, 0.15) is 0 Å². The van der Waals surface area contributed by atoms with Crippen LogP contribution in [-0.2, 0) is 16.4 Å². The van der Waals surface area contributed by atoms with Gasteiger partial charge in [0.15, 0.2) is 5.78 Å². The first-order valence-electron chi connectivity index (χ1n) is 7.20. The molecular formula is C17H19NO4S. The molecule has 5 nitrogen and oxygen atoms in total. The highest BCUT2D eigenvalue weighted by molar-refractivity contribution is 7.89. The van der Waals surface area contributed by atoms with E-state index in [1.54, 1.807) is 6.07 Å². The Bertz CT molecular complexity index is 772. The SMILES string of the molecule is CC(=O)c1cccc(S(=O)(=O)NC(CO)Cc2ccccc2)c1. The van der Waals surface area contributed by atoms with Crippen LogP contribution in [0.25, 0.3) is 0 Å². The van der Waals surface area contributed by atoms with E-state index < -0.39 is 16.1 Å². The molecule has 2 rings (SSSR count). The smallest absolute Gasteiger partial charge is 0.240 e. The van der Waals surface area contributed by atoms with E-state index >= 15 is 0 Å². The van der Waals surface area contributed by atoms with Crippen molar-refractivity contribution in [1.29, 1.82) is 0 Å². The molecule has 2 aromatic carbocycles. The number of benzene rings is 2. The zero-order valence-corrected chi connectivity index (χ0v) is 13.6. The summed E-state index contributed by atoms with van der Waals surface area (Å²) < 4.78 is 27.4. The van der Waals surface area contributed by atoms with Crippen LogP contribution in [0.4, 0.5) is 0 Å². The Balaban J connectivity index is 2.18. The molecule has 0 saturated heterocycles. The van der Waals surface area contributed by atoms with Crippen LogP contribution in [0, 0.1) is 0 Å². The van der Waals surface area contributed by atoms with E-state index in [1.165, 1.54) is 25.1 Å². The Labute approximate surface area is 136 Å². The molecule has 2 aromatic rings. The van der Waals surface area contributed by atoms with Crippen LogP contribution < -0.4 is 4.72 Å². The standard InChI is InChI=1S/C17H19NO4S/c1-13(20)15-8-5-9-17(11-15)23(21,22)18-16(12-19)10-14-6-3-2-4-7-14/h2-9,11,16,18-19H,10,12H2,1H3. The molecule has 6 heteroatoms. The third kappa shape index (κ3) is 4.72. The molecule has 1 atom stereocenters. The minimum Gasteiger partial charge on any atom is -0.395 e. The molecule has 0 amide bonds. The first kappa shape index (κ1) is 17.3. The van der Waals surface area contributed by atoms with E-state index in [4.69, 9.17) is 0 Å². The van der Waals surface area contributed by atoms with Crippen molar-refractivity contribution in [2.24, 2.45) is 0 Å². The second-order valence-corrected chi connectivity index (χ2v) is 6.99. The summed E-state index contributed by atoms with van der Waals surface area (Å²) in [6, 6.07) is 14.5. The molecular weight excluding hydrogens is 314 g/mol. The summed E-state index contributed by atoms with van der Waals surface area (Å²) in [7, 11) is -3.81. The van der Waals surface area contributed by atoms with Gasteiger partial charge in [-0.3, -0.25) is 4.79 Å². The van der Waals surface area contributed by atoms with E-state index in [0.29, 0.717) is 12.0 Å². The minimum absolute atomic E-state index is 0.0108. The number of aliphatic hydroxyl groups is 1. The molecule has 122 valence electrons. The van der Waals surface area contributed by atoms with Gasteiger partial charge in [-0.05, 0) is 31.0 Å². The van der Waals surface area contributed by atoms with Gasteiger partial charge in [0.25, 0.3) is 0 Å². The van der Waals surface area contributed by atoms with Crippen molar-refractivity contribution in [3.63, 3.8) is 0 Å². The molecule has 0 radical (unpaired) electrons. The molecule has 0 spiro atoms. The highest BCUT2D eigenvalue weighted by atomic mass is 32.2. The lowest BCUT2D eigenvalue weighted by Crippen LogP contribution is -2.39. The number of Topliss-reactive ketones (excluding diaryl/α,β-unsaturated/α-hetero) is 1. The molecule has 0 heterocycles. The summed E-state index contributed by atoms with van der Waals surface area (Å²) in [5.74, 6) is -0.204. The second kappa shape index (κ2) is 7.50. The Kier molecular flexibility index (Phi) is 5.65. The fourth-order valence-corrected chi connectivity index (χ4v) is 3.48. The quantitative estimate of drug-likeness (QED) is 0.757. The van der Waals surface area contributed by atoms with Gasteiger partial charge in [0, 0.05) is 11.6 Å². The van der Waals surface area contributed by atoms with Crippen LogP contribution in [0.5, 0.6) is 0 Å². The molecule has 0 saturated carbocycles. The number of carbonyl (C=O) groups is 1. The van der Waals surface area contributed by atoms with E-state index in [1.807, 2.05) is 30.3 Å². The van der Waals surface area contributed by atoms with Gasteiger partial charge in [-0.1, -0.05) is 42.5 Å². The average Bonchev–Trinajstić information content (AvgIpc) is 2.55. The lowest BCUT2D eigenvalue weighted by Gasteiger charge is -2.17. The van der Waals surface area contributed by atoms with Crippen molar-refractivity contribution in [2.75, 3.05) is 6.61 Å². The van der Waals surface area contributed by atoms with Gasteiger partial charge in [-0.15, -0.1) is 0 Å². The van der Waals surface area contributed by atoms with Crippen molar-refractivity contribution in [2.45, 2.75) is 24.3 Å². The largest absolute Gasteiger partial charge is 0.395 e. The summed E-state index contributed by atoms with van der Waals surface area (Å²) in [5, 5.41) is 9.46. The first-order valence-corrected chi connectivity index (χ1v) is 8.69. The van der Waals surface area contributed by atoms with Crippen LogP contribution >= 0.6 is 0 Å². The lowest BCUT2D eigenvalue weighted by molar-refractivity contribution is 0.101. The van der Waals surface area contributed by atoms with Crippen LogP contribution in [-0.4, -0.2) is 32.0 Å². The molecule has 2 N–H and O–H groups in total. The zero-order chi connectivity index (χ0) is 16.9. The molecule has 1 unspecified atom stereocenters. The van der Waals surface area contributed by atoms with E-state index in [-0.39, 0.29) is 17.3 Å². The molecule has 0 bridgehead atoms. The van der Waals surface area contributed by atoms with E-state index in [9.17, 15) is 18.3 Å². The molecule has 0 fully saturated rings. The van der Waals surface area contributed by atoms with Crippen LogP contribution in [0.15, 0.2) is 59.5 Å². The van der Waals surface area contributed by atoms with Crippen molar-refractivity contribution < 1.29 is 18.3 Å². The molecule has 0 aliphatic carbocycles. The van der Waals surface area contributed by atoms with E-state index in [0.717, 1.165) is 5.56 Å². The normalized spacial score (nSPS) is 12.8. The monoisotopic (exact) mass is 333 g/mol.